The number of piperidine rings is 1. The molecule has 1 N–H and O–H groups in total. The molecule has 4 nitrogen and oxygen atoms in total. The highest BCUT2D eigenvalue weighted by Crippen LogP contribution is 2.35. The van der Waals surface area contributed by atoms with Crippen molar-refractivity contribution in [2.75, 3.05) is 11.9 Å². The SMILES string of the molecule is CC(=O)N1CCCC[C@H]1c1cccnc1NC1CCCCC1. The van der Waals surface area contributed by atoms with E-state index in [9.17, 15) is 4.79 Å². The molecule has 4 heteroatoms. The van der Waals surface area contributed by atoms with E-state index >= 15 is 0 Å². The molecule has 1 amide bonds. The average Bonchev–Trinajstić information content (AvgIpc) is 2.56. The van der Waals surface area contributed by atoms with Crippen LogP contribution in [0.5, 0.6) is 0 Å². The van der Waals surface area contributed by atoms with Crippen molar-refractivity contribution >= 4 is 11.7 Å². The van der Waals surface area contributed by atoms with Crippen LogP contribution in [0.3, 0.4) is 0 Å². The molecule has 2 aliphatic rings. The number of nitrogens with one attached hydrogen (secondary N) is 1. The smallest absolute Gasteiger partial charge is 0.219 e. The summed E-state index contributed by atoms with van der Waals surface area (Å²) in [6, 6.07) is 4.86. The minimum Gasteiger partial charge on any atom is -0.367 e. The van der Waals surface area contributed by atoms with E-state index in [0.717, 1.165) is 25.2 Å². The largest absolute Gasteiger partial charge is 0.367 e. The van der Waals surface area contributed by atoms with Crippen LogP contribution < -0.4 is 5.32 Å². The number of rotatable bonds is 3. The van der Waals surface area contributed by atoms with Crippen molar-refractivity contribution in [2.45, 2.75) is 70.4 Å². The Kier molecular flexibility index (Phi) is 4.96. The normalized spacial score (nSPS) is 23.3. The second-order valence-corrected chi connectivity index (χ2v) is 6.64. The number of hydrogen-bond acceptors (Lipinski definition) is 3. The van der Waals surface area contributed by atoms with Crippen LogP contribution in [0.2, 0.25) is 0 Å². The number of nitrogens with zero attached hydrogens (tertiary/aromatic N) is 2. The van der Waals surface area contributed by atoms with Gasteiger partial charge in [0.25, 0.3) is 0 Å². The highest BCUT2D eigenvalue weighted by atomic mass is 16.2. The van der Waals surface area contributed by atoms with E-state index in [0.29, 0.717) is 6.04 Å². The maximum Gasteiger partial charge on any atom is 0.219 e. The lowest BCUT2D eigenvalue weighted by Crippen LogP contribution is -2.37. The summed E-state index contributed by atoms with van der Waals surface area (Å²) in [6.45, 7) is 2.56. The zero-order chi connectivity index (χ0) is 15.4. The van der Waals surface area contributed by atoms with Crippen LogP contribution in [0, 0.1) is 0 Å². The van der Waals surface area contributed by atoms with E-state index in [1.54, 1.807) is 6.92 Å². The van der Waals surface area contributed by atoms with Crippen LogP contribution in [-0.2, 0) is 4.79 Å². The van der Waals surface area contributed by atoms with Crippen molar-refractivity contribution in [3.63, 3.8) is 0 Å². The van der Waals surface area contributed by atoms with Gasteiger partial charge in [0.2, 0.25) is 5.91 Å². The molecule has 1 aromatic rings. The van der Waals surface area contributed by atoms with E-state index in [-0.39, 0.29) is 11.9 Å². The van der Waals surface area contributed by atoms with Gasteiger partial charge in [0.15, 0.2) is 0 Å². The third-order valence-corrected chi connectivity index (χ3v) is 5.05. The quantitative estimate of drug-likeness (QED) is 0.921. The Balaban J connectivity index is 1.81. The molecule has 120 valence electrons. The summed E-state index contributed by atoms with van der Waals surface area (Å²) in [7, 11) is 0. The number of likely N-dealkylation sites (tertiary alicyclic amines) is 1. The Bertz CT molecular complexity index is 511. The first-order valence-corrected chi connectivity index (χ1v) is 8.74. The van der Waals surface area contributed by atoms with Gasteiger partial charge in [-0.05, 0) is 38.2 Å². The number of carbonyl (C=O) groups excluding carboxylic acids is 1. The maximum absolute atomic E-state index is 12.0. The molecule has 3 rings (SSSR count). The number of pyridine rings is 1. The number of carbonyl (C=O) groups is 1. The molecule has 1 saturated carbocycles. The number of hydrogen-bond donors (Lipinski definition) is 1. The highest BCUT2D eigenvalue weighted by Gasteiger charge is 2.28. The summed E-state index contributed by atoms with van der Waals surface area (Å²) in [5.74, 6) is 1.17. The van der Waals surface area contributed by atoms with E-state index < -0.39 is 0 Å². The fourth-order valence-corrected chi connectivity index (χ4v) is 3.88. The minimum absolute atomic E-state index is 0.178. The van der Waals surface area contributed by atoms with Crippen molar-refractivity contribution < 1.29 is 4.79 Å². The van der Waals surface area contributed by atoms with Crippen LogP contribution in [0.25, 0.3) is 0 Å². The van der Waals surface area contributed by atoms with Crippen molar-refractivity contribution in [3.05, 3.63) is 23.9 Å². The van der Waals surface area contributed by atoms with Crippen molar-refractivity contribution in [2.24, 2.45) is 0 Å². The summed E-state index contributed by atoms with van der Waals surface area (Å²) in [5, 5.41) is 3.66. The van der Waals surface area contributed by atoms with Crippen molar-refractivity contribution in [1.82, 2.24) is 9.88 Å². The van der Waals surface area contributed by atoms with Crippen molar-refractivity contribution in [1.29, 1.82) is 0 Å². The maximum atomic E-state index is 12.0. The lowest BCUT2D eigenvalue weighted by Gasteiger charge is -2.36. The molecule has 1 aromatic heterocycles. The topological polar surface area (TPSA) is 45.2 Å². The minimum atomic E-state index is 0.178. The molecule has 1 aliphatic carbocycles. The lowest BCUT2D eigenvalue weighted by atomic mass is 9.93. The van der Waals surface area contributed by atoms with Gasteiger partial charge in [-0.3, -0.25) is 4.79 Å². The van der Waals surface area contributed by atoms with Gasteiger partial charge in [0.1, 0.15) is 5.82 Å². The molecule has 22 heavy (non-hydrogen) atoms. The third kappa shape index (κ3) is 3.42. The fourth-order valence-electron chi connectivity index (χ4n) is 3.88. The average molecular weight is 301 g/mol. The van der Waals surface area contributed by atoms with Gasteiger partial charge in [-0.15, -0.1) is 0 Å². The second kappa shape index (κ2) is 7.12. The van der Waals surface area contributed by atoms with Crippen LogP contribution in [0.1, 0.15) is 69.9 Å². The first-order chi connectivity index (χ1) is 10.8. The molecule has 0 aromatic carbocycles. The van der Waals surface area contributed by atoms with Crippen LogP contribution in [0.4, 0.5) is 5.82 Å². The van der Waals surface area contributed by atoms with Crippen molar-refractivity contribution in [3.8, 4) is 0 Å². The lowest BCUT2D eigenvalue weighted by molar-refractivity contribution is -0.132. The molecule has 1 atom stereocenters. The van der Waals surface area contributed by atoms with E-state index in [1.165, 1.54) is 44.1 Å². The van der Waals surface area contributed by atoms with E-state index in [2.05, 4.69) is 16.4 Å². The second-order valence-electron chi connectivity index (χ2n) is 6.64. The Hall–Kier alpha value is -1.58. The van der Waals surface area contributed by atoms with Gasteiger partial charge in [0, 0.05) is 31.3 Å². The summed E-state index contributed by atoms with van der Waals surface area (Å²) < 4.78 is 0. The highest BCUT2D eigenvalue weighted by molar-refractivity contribution is 5.74. The van der Waals surface area contributed by atoms with Gasteiger partial charge in [-0.2, -0.15) is 0 Å². The molecular formula is C18H27N3O. The molecule has 0 radical (unpaired) electrons. The van der Waals surface area contributed by atoms with Crippen LogP contribution in [-0.4, -0.2) is 28.4 Å². The van der Waals surface area contributed by atoms with E-state index in [4.69, 9.17) is 0 Å². The summed E-state index contributed by atoms with van der Waals surface area (Å²) in [6.07, 6.45) is 11.6. The Morgan fingerprint density at radius 1 is 1.18 bits per heavy atom. The standard InChI is InChI=1S/C18H27N3O/c1-14(22)21-13-6-5-11-17(21)16-10-7-12-19-18(16)20-15-8-3-2-4-9-15/h7,10,12,15,17H,2-6,8-9,11,13H2,1H3,(H,19,20)/t17-/m0/s1. The first kappa shape index (κ1) is 15.3. The monoisotopic (exact) mass is 301 g/mol. The Morgan fingerprint density at radius 2 is 1.95 bits per heavy atom. The molecule has 1 saturated heterocycles. The van der Waals surface area contributed by atoms with Crippen LogP contribution >= 0.6 is 0 Å². The Labute approximate surface area is 133 Å². The fraction of sp³-hybridized carbons (Fsp3) is 0.667. The zero-order valence-corrected chi connectivity index (χ0v) is 13.6. The molecule has 1 aliphatic heterocycles. The zero-order valence-electron chi connectivity index (χ0n) is 13.6. The van der Waals surface area contributed by atoms with Crippen LogP contribution in [0.15, 0.2) is 18.3 Å². The van der Waals surface area contributed by atoms with Gasteiger partial charge in [0.05, 0.1) is 6.04 Å². The number of amides is 1. The van der Waals surface area contributed by atoms with Gasteiger partial charge < -0.3 is 10.2 Å². The predicted molar refractivity (Wildman–Crippen MR) is 88.7 cm³/mol. The third-order valence-electron chi connectivity index (χ3n) is 5.05. The molecule has 0 bridgehead atoms. The molecule has 0 spiro atoms. The molecular weight excluding hydrogens is 274 g/mol. The molecule has 2 fully saturated rings. The number of anilines is 1. The first-order valence-electron chi connectivity index (χ1n) is 8.74. The van der Waals surface area contributed by atoms with E-state index in [1.807, 2.05) is 17.2 Å². The summed E-state index contributed by atoms with van der Waals surface area (Å²) in [5.41, 5.74) is 1.20. The predicted octanol–water partition coefficient (Wildman–Crippen LogP) is 3.90. The molecule has 2 heterocycles. The summed E-state index contributed by atoms with van der Waals surface area (Å²) >= 11 is 0. The van der Waals surface area contributed by atoms with Gasteiger partial charge in [-0.25, -0.2) is 4.98 Å². The van der Waals surface area contributed by atoms with Gasteiger partial charge in [-0.1, -0.05) is 25.3 Å². The Morgan fingerprint density at radius 3 is 2.73 bits per heavy atom. The summed E-state index contributed by atoms with van der Waals surface area (Å²) in [4.78, 5) is 18.6. The van der Waals surface area contributed by atoms with Gasteiger partial charge >= 0.3 is 0 Å². The molecule has 0 unspecified atom stereocenters. The number of aromatic nitrogens is 1.